The zero-order valence-corrected chi connectivity index (χ0v) is 21.0. The Labute approximate surface area is 216 Å². The molecule has 38 heavy (non-hydrogen) atoms. The van der Waals surface area contributed by atoms with Crippen LogP contribution in [0.4, 0.5) is 24.7 Å². The van der Waals surface area contributed by atoms with Gasteiger partial charge >= 0.3 is 15.5 Å². The van der Waals surface area contributed by atoms with Crippen LogP contribution in [0.1, 0.15) is 48.0 Å². The fraction of sp³-hybridized carbons (Fsp3) is 0.478. The summed E-state index contributed by atoms with van der Waals surface area (Å²) in [6, 6.07) is 7.86. The van der Waals surface area contributed by atoms with Crippen molar-refractivity contribution in [3.05, 3.63) is 41.6 Å². The van der Waals surface area contributed by atoms with Crippen LogP contribution in [0, 0.1) is 17.2 Å². The first kappa shape index (κ1) is 27.4. The molecule has 0 atom stereocenters. The number of piperidine rings is 1. The van der Waals surface area contributed by atoms with Crippen LogP contribution < -0.4 is 15.8 Å². The summed E-state index contributed by atoms with van der Waals surface area (Å²) in [7, 11) is -5.53. The van der Waals surface area contributed by atoms with Crippen LogP contribution in [0.5, 0.6) is 0 Å². The number of halogens is 3. The molecule has 1 saturated carbocycles. The van der Waals surface area contributed by atoms with Gasteiger partial charge in [0.2, 0.25) is 5.91 Å². The topological polar surface area (TPSA) is 163 Å². The third kappa shape index (κ3) is 5.91. The van der Waals surface area contributed by atoms with E-state index in [-0.39, 0.29) is 35.3 Å². The van der Waals surface area contributed by atoms with E-state index in [4.69, 9.17) is 5.73 Å². The summed E-state index contributed by atoms with van der Waals surface area (Å²) in [5.41, 5.74) is -0.240. The highest BCUT2D eigenvalue weighted by atomic mass is 32.2. The van der Waals surface area contributed by atoms with Gasteiger partial charge in [-0.3, -0.25) is 23.9 Å². The van der Waals surface area contributed by atoms with Crippen molar-refractivity contribution < 1.29 is 31.2 Å². The van der Waals surface area contributed by atoms with Crippen LogP contribution in [-0.4, -0.2) is 53.5 Å². The molecule has 11 nitrogen and oxygen atoms in total. The number of hydrogen-bond donors (Lipinski definition) is 3. The Bertz CT molecular complexity index is 1370. The molecule has 4 N–H and O–H groups in total. The largest absolute Gasteiger partial charge is 0.516 e. The molecule has 204 valence electrons. The molecule has 0 bridgehead atoms. The van der Waals surface area contributed by atoms with E-state index in [0.29, 0.717) is 38.0 Å². The molecule has 0 radical (unpaired) electrons. The maximum absolute atomic E-state index is 12.7. The number of likely N-dealkylation sites (tertiary alicyclic amines) is 1. The summed E-state index contributed by atoms with van der Waals surface area (Å²) in [6.07, 6.45) is 3.99. The molecule has 2 aliphatic rings. The first-order chi connectivity index (χ1) is 17.8. The number of carbonyl (C=O) groups is 2. The minimum atomic E-state index is -5.53. The molecule has 0 spiro atoms. The Kier molecular flexibility index (Phi) is 7.39. The fourth-order valence-corrected chi connectivity index (χ4v) is 4.97. The quantitative estimate of drug-likeness (QED) is 0.429. The molecule has 2 heterocycles. The Morgan fingerprint density at radius 1 is 1.24 bits per heavy atom. The van der Waals surface area contributed by atoms with Crippen molar-refractivity contribution in [2.45, 2.75) is 49.7 Å². The summed E-state index contributed by atoms with van der Waals surface area (Å²) in [6.45, 7) is 1.30. The molecule has 0 unspecified atom stereocenters. The minimum absolute atomic E-state index is 0.0527. The summed E-state index contributed by atoms with van der Waals surface area (Å²) >= 11 is 0. The third-order valence-corrected chi connectivity index (χ3v) is 7.85. The van der Waals surface area contributed by atoms with Crippen LogP contribution >= 0.6 is 0 Å². The lowest BCUT2D eigenvalue weighted by molar-refractivity contribution is -0.117. The SMILES string of the molecule is N#CCC1(n2cc(C(N)=O)c(NC(=O)C3CC3)n2)CCN(Cc2cccc(NS(=O)(=O)C(F)(F)F)c2)CC1. The number of benzene rings is 1. The molecule has 1 saturated heterocycles. The number of amides is 2. The van der Waals surface area contributed by atoms with Crippen LogP contribution in [-0.2, 0) is 26.9 Å². The summed E-state index contributed by atoms with van der Waals surface area (Å²) in [5.74, 6) is -1.04. The van der Waals surface area contributed by atoms with Crippen molar-refractivity contribution in [2.75, 3.05) is 23.1 Å². The molecule has 2 fully saturated rings. The number of nitrogens with two attached hydrogens (primary N) is 1. The fourth-order valence-electron chi connectivity index (χ4n) is 4.42. The van der Waals surface area contributed by atoms with E-state index in [1.807, 2.05) is 4.90 Å². The number of aromatic nitrogens is 2. The number of primary amides is 1. The van der Waals surface area contributed by atoms with E-state index in [9.17, 15) is 36.4 Å². The van der Waals surface area contributed by atoms with Gasteiger partial charge in [-0.15, -0.1) is 0 Å². The lowest BCUT2D eigenvalue weighted by Gasteiger charge is -2.40. The lowest BCUT2D eigenvalue weighted by Crippen LogP contribution is -2.46. The minimum Gasteiger partial charge on any atom is -0.365 e. The van der Waals surface area contributed by atoms with Crippen molar-refractivity contribution in [1.29, 1.82) is 5.26 Å². The van der Waals surface area contributed by atoms with E-state index in [2.05, 4.69) is 16.5 Å². The molecular weight excluding hydrogens is 527 g/mol. The second-order valence-corrected chi connectivity index (χ2v) is 11.2. The van der Waals surface area contributed by atoms with Gasteiger partial charge in [0, 0.05) is 37.4 Å². The number of nitrogens with one attached hydrogen (secondary N) is 2. The van der Waals surface area contributed by atoms with E-state index >= 15 is 0 Å². The van der Waals surface area contributed by atoms with E-state index in [1.54, 1.807) is 10.8 Å². The molecule has 15 heteroatoms. The number of nitrogens with zero attached hydrogens (tertiary/aromatic N) is 4. The number of hydrogen-bond acceptors (Lipinski definition) is 7. The number of sulfonamides is 1. The van der Waals surface area contributed by atoms with E-state index in [0.717, 1.165) is 12.8 Å². The second-order valence-electron chi connectivity index (χ2n) is 9.55. The maximum atomic E-state index is 12.7. The smallest absolute Gasteiger partial charge is 0.365 e. The summed E-state index contributed by atoms with van der Waals surface area (Å²) in [5, 5.41) is 16.6. The van der Waals surface area contributed by atoms with Gasteiger partial charge in [0.25, 0.3) is 5.91 Å². The molecule has 1 aromatic heterocycles. The lowest BCUT2D eigenvalue weighted by atomic mass is 9.84. The van der Waals surface area contributed by atoms with Crippen molar-refractivity contribution >= 4 is 33.3 Å². The predicted octanol–water partition coefficient (Wildman–Crippen LogP) is 2.50. The number of carbonyl (C=O) groups excluding carboxylic acids is 2. The van der Waals surface area contributed by atoms with E-state index < -0.39 is 27.0 Å². The average Bonchev–Trinajstić information content (AvgIpc) is 3.60. The molecule has 1 aliphatic carbocycles. The normalized spacial score (nSPS) is 17.9. The number of nitriles is 1. The van der Waals surface area contributed by atoms with Crippen molar-refractivity contribution in [2.24, 2.45) is 11.7 Å². The first-order valence-electron chi connectivity index (χ1n) is 11.8. The number of anilines is 2. The zero-order valence-electron chi connectivity index (χ0n) is 20.2. The molecule has 2 amide bonds. The van der Waals surface area contributed by atoms with Gasteiger partial charge in [-0.25, -0.2) is 0 Å². The van der Waals surface area contributed by atoms with Crippen molar-refractivity contribution in [3.63, 3.8) is 0 Å². The zero-order chi connectivity index (χ0) is 27.7. The Balaban J connectivity index is 1.47. The van der Waals surface area contributed by atoms with E-state index in [1.165, 1.54) is 29.1 Å². The van der Waals surface area contributed by atoms with Gasteiger partial charge in [-0.2, -0.15) is 31.9 Å². The van der Waals surface area contributed by atoms with Gasteiger partial charge < -0.3 is 11.1 Å². The molecule has 1 aliphatic heterocycles. The number of alkyl halides is 3. The van der Waals surface area contributed by atoms with Gasteiger partial charge in [0.15, 0.2) is 5.82 Å². The Hall–Kier alpha value is -3.64. The summed E-state index contributed by atoms with van der Waals surface area (Å²) < 4.78 is 64.0. The molecule has 1 aromatic carbocycles. The van der Waals surface area contributed by atoms with Gasteiger partial charge in [-0.1, -0.05) is 12.1 Å². The second kappa shape index (κ2) is 10.3. The molecular formula is C23H26F3N7O4S. The van der Waals surface area contributed by atoms with Gasteiger partial charge in [-0.05, 0) is 43.4 Å². The van der Waals surface area contributed by atoms with Crippen LogP contribution in [0.25, 0.3) is 0 Å². The predicted molar refractivity (Wildman–Crippen MR) is 130 cm³/mol. The maximum Gasteiger partial charge on any atom is 0.516 e. The average molecular weight is 554 g/mol. The highest BCUT2D eigenvalue weighted by Gasteiger charge is 2.46. The molecule has 4 rings (SSSR count). The van der Waals surface area contributed by atoms with Gasteiger partial charge in [0.1, 0.15) is 5.56 Å². The first-order valence-corrected chi connectivity index (χ1v) is 13.3. The highest BCUT2D eigenvalue weighted by molar-refractivity contribution is 7.93. The highest BCUT2D eigenvalue weighted by Crippen LogP contribution is 2.36. The third-order valence-electron chi connectivity index (χ3n) is 6.74. The Morgan fingerprint density at radius 3 is 2.50 bits per heavy atom. The van der Waals surface area contributed by atoms with Gasteiger partial charge in [0.05, 0.1) is 18.0 Å². The standard InChI is InChI=1S/C23H26F3N7O4S/c24-23(25,26)38(36,37)31-17-3-1-2-15(12-17)13-32-10-7-22(6-9-27,8-11-32)33-14-18(19(28)34)20(30-33)29-21(35)16-4-5-16/h1-3,12,14,16,31H,4-8,10-11,13H2,(H2,28,34)(H,29,30,35). The van der Waals surface area contributed by atoms with Crippen LogP contribution in [0.15, 0.2) is 30.5 Å². The van der Waals surface area contributed by atoms with Crippen molar-refractivity contribution in [3.8, 4) is 6.07 Å². The van der Waals surface area contributed by atoms with Crippen molar-refractivity contribution in [1.82, 2.24) is 14.7 Å². The molecule has 2 aromatic rings. The summed E-state index contributed by atoms with van der Waals surface area (Å²) in [4.78, 5) is 26.3. The van der Waals surface area contributed by atoms with Crippen LogP contribution in [0.3, 0.4) is 0 Å². The van der Waals surface area contributed by atoms with Crippen LogP contribution in [0.2, 0.25) is 0 Å². The monoisotopic (exact) mass is 553 g/mol. The number of rotatable bonds is 9. The Morgan fingerprint density at radius 2 is 1.92 bits per heavy atom.